The van der Waals surface area contributed by atoms with Crippen LogP contribution in [-0.4, -0.2) is 17.7 Å². The number of ether oxygens (including phenoxy) is 1. The van der Waals surface area contributed by atoms with Gasteiger partial charge in [-0.15, -0.1) is 0 Å². The maximum Gasteiger partial charge on any atom is 0.378 e. The number of hydrogen-bond acceptors (Lipinski definition) is 3. The lowest BCUT2D eigenvalue weighted by molar-refractivity contribution is -0.394. The number of esters is 1. The normalized spacial score (nSPS) is 8.05. The van der Waals surface area contributed by atoms with Crippen molar-refractivity contribution in [1.29, 1.82) is 0 Å². The van der Waals surface area contributed by atoms with Gasteiger partial charge in [0.2, 0.25) is 0 Å². The fraction of sp³-hybridized carbons (Fsp3) is 0.154. The molecule has 2 rings (SSSR count). The summed E-state index contributed by atoms with van der Waals surface area (Å²) in [6.07, 6.45) is 5.28. The molecule has 0 aromatic carbocycles. The van der Waals surface area contributed by atoms with Crippen LogP contribution in [0.5, 0.6) is 5.88 Å². The lowest BCUT2D eigenvalue weighted by atomic mass is 10.3. The molecule has 0 atom stereocenters. The Hall–Kier alpha value is -1.85. The summed E-state index contributed by atoms with van der Waals surface area (Å²) in [5, 5.41) is 9.15. The summed E-state index contributed by atoms with van der Waals surface area (Å²) in [5.74, 6) is -0.692. The van der Waals surface area contributed by atoms with E-state index in [9.17, 15) is 4.79 Å². The van der Waals surface area contributed by atoms with Crippen LogP contribution in [0.15, 0.2) is 48.9 Å². The molecule has 0 saturated carbocycles. The number of pyridine rings is 2. The molecule has 0 aliphatic carbocycles. The topological polar surface area (TPSA) is 74.8 Å². The number of hydrogen-bond donors (Lipinski definition) is 1. The third-order valence-electron chi connectivity index (χ3n) is 1.94. The highest BCUT2D eigenvalue weighted by atomic mass is 35.5. The van der Waals surface area contributed by atoms with E-state index in [4.69, 9.17) is 5.11 Å². The van der Waals surface area contributed by atoms with Crippen molar-refractivity contribution in [3.8, 4) is 5.88 Å². The van der Waals surface area contributed by atoms with Crippen molar-refractivity contribution in [2.24, 2.45) is 0 Å². The van der Waals surface area contributed by atoms with Crippen LogP contribution in [0.25, 0.3) is 0 Å². The largest absolute Gasteiger partial charge is 1.00 e. The van der Waals surface area contributed by atoms with Crippen molar-refractivity contribution in [3.05, 3.63) is 54.5 Å². The van der Waals surface area contributed by atoms with Gasteiger partial charge in [0.1, 0.15) is 0 Å². The molecule has 20 heavy (non-hydrogen) atoms. The van der Waals surface area contributed by atoms with Crippen LogP contribution in [-0.2, 0) is 4.74 Å². The van der Waals surface area contributed by atoms with Gasteiger partial charge in [-0.25, -0.2) is 9.78 Å². The highest BCUT2D eigenvalue weighted by molar-refractivity contribution is 5.91. The van der Waals surface area contributed by atoms with E-state index in [1.807, 2.05) is 30.6 Å². The van der Waals surface area contributed by atoms with E-state index in [2.05, 4.69) is 14.7 Å². The third kappa shape index (κ3) is 7.56. The number of aromatic amines is 2. The second kappa shape index (κ2) is 12.2. The van der Waals surface area contributed by atoms with E-state index < -0.39 is 5.97 Å². The molecule has 0 unspecified atom stereocenters. The predicted octanol–water partition coefficient (Wildman–Crippen LogP) is -5.11. The molecule has 7 heteroatoms. The summed E-state index contributed by atoms with van der Waals surface area (Å²) < 4.78 is 4.69. The van der Waals surface area contributed by atoms with E-state index in [1.165, 1.54) is 12.3 Å². The smallest absolute Gasteiger partial charge is 0.378 e. The Morgan fingerprint density at radius 2 is 1.80 bits per heavy atom. The molecule has 5 nitrogen and oxygen atoms in total. The average molecular weight is 319 g/mol. The highest BCUT2D eigenvalue weighted by Crippen LogP contribution is 2.09. The van der Waals surface area contributed by atoms with Crippen molar-refractivity contribution in [3.63, 3.8) is 0 Å². The minimum Gasteiger partial charge on any atom is -1.00 e. The standard InChI is InChI=1S/C8H9NO3.C5H5N.2ClH/c1-2-12-8(11)6-4-3-5-9-7(6)10;1-2-4-6-5-3-1;;/h3-5H,2H2,1H3,(H,9,10);1-5H;2*1H. The molecule has 0 spiro atoms. The fourth-order valence-electron chi connectivity index (χ4n) is 1.14. The Kier molecular flexibility index (Phi) is 12.5. The SMILES string of the molecule is CCOC(=O)c1ccc[nH+]c1O.[Cl-].[Cl-].c1cc[nH+]cc1. The van der Waals surface area contributed by atoms with E-state index in [0.29, 0.717) is 6.61 Å². The van der Waals surface area contributed by atoms with Gasteiger partial charge in [-0.05, 0) is 13.0 Å². The number of rotatable bonds is 2. The van der Waals surface area contributed by atoms with E-state index in [1.54, 1.807) is 13.0 Å². The van der Waals surface area contributed by atoms with Crippen molar-refractivity contribution < 1.29 is 49.4 Å². The molecule has 0 fully saturated rings. The molecule has 2 aromatic heterocycles. The lowest BCUT2D eigenvalue weighted by Gasteiger charge is -1.98. The van der Waals surface area contributed by atoms with Gasteiger partial charge in [0.15, 0.2) is 24.2 Å². The Morgan fingerprint density at radius 1 is 1.15 bits per heavy atom. The van der Waals surface area contributed by atoms with Gasteiger partial charge in [0, 0.05) is 18.2 Å². The van der Waals surface area contributed by atoms with Crippen molar-refractivity contribution in [2.45, 2.75) is 6.92 Å². The van der Waals surface area contributed by atoms with Gasteiger partial charge >= 0.3 is 11.8 Å². The first-order valence-electron chi connectivity index (χ1n) is 5.53. The summed E-state index contributed by atoms with van der Waals surface area (Å²) >= 11 is 0. The zero-order valence-corrected chi connectivity index (χ0v) is 12.4. The van der Waals surface area contributed by atoms with Crippen LogP contribution in [0, 0.1) is 0 Å². The van der Waals surface area contributed by atoms with Gasteiger partial charge in [0.05, 0.1) is 6.61 Å². The number of H-pyrrole nitrogens is 2. The molecule has 0 aliphatic heterocycles. The van der Waals surface area contributed by atoms with Gasteiger partial charge in [-0.2, -0.15) is 4.98 Å². The highest BCUT2D eigenvalue weighted by Gasteiger charge is 2.15. The Balaban J connectivity index is 0. The molecule has 3 N–H and O–H groups in total. The van der Waals surface area contributed by atoms with Gasteiger partial charge in [-0.1, -0.05) is 6.07 Å². The number of aromatic hydroxyl groups is 1. The molecule has 2 aromatic rings. The fourth-order valence-corrected chi connectivity index (χ4v) is 1.14. The van der Waals surface area contributed by atoms with E-state index in [-0.39, 0.29) is 36.3 Å². The van der Waals surface area contributed by atoms with Crippen LogP contribution in [0.3, 0.4) is 0 Å². The second-order valence-electron chi connectivity index (χ2n) is 3.23. The van der Waals surface area contributed by atoms with Crippen LogP contribution >= 0.6 is 0 Å². The van der Waals surface area contributed by atoms with Crippen molar-refractivity contribution >= 4 is 5.97 Å². The molecular weight excluding hydrogens is 303 g/mol. The average Bonchev–Trinajstić information content (AvgIpc) is 2.42. The molecule has 0 bridgehead atoms. The summed E-state index contributed by atoms with van der Waals surface area (Å²) in [6.45, 7) is 2.01. The number of carbonyl (C=O) groups excluding carboxylic acids is 1. The Labute approximate surface area is 129 Å². The molecule has 0 amide bonds. The van der Waals surface area contributed by atoms with Crippen LogP contribution < -0.4 is 34.8 Å². The Morgan fingerprint density at radius 3 is 2.20 bits per heavy atom. The van der Waals surface area contributed by atoms with Crippen molar-refractivity contribution in [2.75, 3.05) is 6.61 Å². The molecular formula is C13H16Cl2N2O3. The molecule has 110 valence electrons. The van der Waals surface area contributed by atoms with Crippen LogP contribution in [0.4, 0.5) is 0 Å². The van der Waals surface area contributed by atoms with E-state index in [0.717, 1.165) is 0 Å². The zero-order chi connectivity index (χ0) is 13.2. The number of carbonyl (C=O) groups is 1. The first-order chi connectivity index (χ1) is 8.75. The second-order valence-corrected chi connectivity index (χ2v) is 3.23. The molecule has 0 radical (unpaired) electrons. The zero-order valence-electron chi connectivity index (χ0n) is 10.8. The van der Waals surface area contributed by atoms with E-state index >= 15 is 0 Å². The van der Waals surface area contributed by atoms with Crippen LogP contribution in [0.2, 0.25) is 0 Å². The minimum absolute atomic E-state index is 0. The quantitative estimate of drug-likeness (QED) is 0.563. The Bertz CT molecular complexity index is 457. The first kappa shape index (κ1) is 20.5. The predicted molar refractivity (Wildman–Crippen MR) is 63.6 cm³/mol. The van der Waals surface area contributed by atoms with Gasteiger partial charge in [0.25, 0.3) is 0 Å². The summed E-state index contributed by atoms with van der Waals surface area (Å²) in [5.41, 5.74) is 0.152. The lowest BCUT2D eigenvalue weighted by Crippen LogP contribution is -3.00. The maximum atomic E-state index is 11.1. The van der Waals surface area contributed by atoms with Gasteiger partial charge in [-0.3, -0.25) is 0 Å². The summed E-state index contributed by atoms with van der Waals surface area (Å²) in [7, 11) is 0. The number of halogens is 2. The maximum absolute atomic E-state index is 11.1. The first-order valence-corrected chi connectivity index (χ1v) is 5.53. The van der Waals surface area contributed by atoms with Crippen molar-refractivity contribution in [1.82, 2.24) is 0 Å². The number of aromatic nitrogens is 2. The molecule has 0 aliphatic rings. The monoisotopic (exact) mass is 318 g/mol. The van der Waals surface area contributed by atoms with Crippen LogP contribution in [0.1, 0.15) is 17.3 Å². The molecule has 0 saturated heterocycles. The minimum atomic E-state index is -0.521. The molecule has 2 heterocycles. The summed E-state index contributed by atoms with van der Waals surface area (Å²) in [6, 6.07) is 8.96. The van der Waals surface area contributed by atoms with Gasteiger partial charge < -0.3 is 34.7 Å². The number of nitrogens with one attached hydrogen (secondary N) is 2. The summed E-state index contributed by atoms with van der Waals surface area (Å²) in [4.78, 5) is 16.4. The third-order valence-corrected chi connectivity index (χ3v) is 1.94.